The first kappa shape index (κ1) is 18.2. The van der Waals surface area contributed by atoms with Crippen molar-refractivity contribution in [3.05, 3.63) is 0 Å². The first-order chi connectivity index (χ1) is 9.00. The number of carbonyl (C=O) groups is 2. The van der Waals surface area contributed by atoms with Crippen LogP contribution in [-0.2, 0) is 9.59 Å². The molecule has 0 saturated carbocycles. The fourth-order valence-electron chi connectivity index (χ4n) is 1.23. The van der Waals surface area contributed by atoms with E-state index in [1.807, 2.05) is 0 Å². The molecular formula is C8H16N6O4S2. The van der Waals surface area contributed by atoms with Crippen molar-refractivity contribution >= 4 is 49.1 Å². The van der Waals surface area contributed by atoms with Gasteiger partial charge in [-0.15, -0.1) is 12.6 Å². The minimum atomic E-state index is -2.12. The highest BCUT2D eigenvalue weighted by Gasteiger charge is 2.43. The molecule has 114 valence electrons. The lowest BCUT2D eigenvalue weighted by atomic mass is 10.1. The normalized spacial score (nSPS) is 16.3. The van der Waals surface area contributed by atoms with Gasteiger partial charge in [0.25, 0.3) is 0 Å². The summed E-state index contributed by atoms with van der Waals surface area (Å²) in [6.07, 6.45) is -0.358. The molecule has 12 heteroatoms. The molecule has 0 amide bonds. The fraction of sp³-hybridized carbons (Fsp3) is 0.500. The Labute approximate surface area is 125 Å². The second-order valence-corrected chi connectivity index (χ2v) is 5.03. The van der Waals surface area contributed by atoms with Gasteiger partial charge in [-0.3, -0.25) is 0 Å². The first-order valence-corrected chi connectivity index (χ1v) is 6.03. The number of rotatable bonds is 7. The second-order valence-electron chi connectivity index (χ2n) is 3.73. The number of carboxylic acids is 2. The lowest BCUT2D eigenvalue weighted by Gasteiger charge is -2.26. The summed E-state index contributed by atoms with van der Waals surface area (Å²) in [7, 11) is 0. The number of guanidine groups is 2. The van der Waals surface area contributed by atoms with Gasteiger partial charge in [0.15, 0.2) is 18.0 Å². The van der Waals surface area contributed by atoms with E-state index >= 15 is 0 Å². The predicted octanol–water partition coefficient (Wildman–Crippen LogP) is -2.61. The van der Waals surface area contributed by atoms with Crippen LogP contribution in [0.25, 0.3) is 0 Å². The summed E-state index contributed by atoms with van der Waals surface area (Å²) in [5.74, 6) is -3.85. The van der Waals surface area contributed by atoms with Crippen molar-refractivity contribution in [3.63, 3.8) is 0 Å². The Balaban J connectivity index is 5.34. The Morgan fingerprint density at radius 3 is 1.95 bits per heavy atom. The smallest absolute Gasteiger partial charge is 0.343 e. The molecule has 0 fully saturated rings. The van der Waals surface area contributed by atoms with Gasteiger partial charge < -0.3 is 33.1 Å². The van der Waals surface area contributed by atoms with E-state index in [0.29, 0.717) is 0 Å². The summed E-state index contributed by atoms with van der Waals surface area (Å²) in [5, 5.41) is 16.9. The number of aliphatic carboxylic acids is 2. The maximum Gasteiger partial charge on any atom is 0.343 e. The van der Waals surface area contributed by atoms with Gasteiger partial charge in [0, 0.05) is 5.25 Å². The maximum atomic E-state index is 11.2. The summed E-state index contributed by atoms with van der Waals surface area (Å²) in [6.45, 7) is 0. The molecule has 3 atom stereocenters. The van der Waals surface area contributed by atoms with E-state index in [0.717, 1.165) is 0 Å². The maximum absolute atomic E-state index is 11.2. The average Bonchev–Trinajstić information content (AvgIpc) is 2.25. The number of carboxylic acid groups (broad SMARTS) is 2. The van der Waals surface area contributed by atoms with Crippen molar-refractivity contribution in [2.75, 3.05) is 0 Å². The van der Waals surface area contributed by atoms with Gasteiger partial charge in [0.2, 0.25) is 4.87 Å². The van der Waals surface area contributed by atoms with Gasteiger partial charge in [-0.1, -0.05) is 0 Å². The second kappa shape index (κ2) is 7.09. The zero-order valence-electron chi connectivity index (χ0n) is 10.2. The molecule has 0 saturated heterocycles. The zero-order valence-corrected chi connectivity index (χ0v) is 12.0. The van der Waals surface area contributed by atoms with Crippen LogP contribution in [0.1, 0.15) is 6.42 Å². The standard InChI is InChI=1S/C8H16N6O4S2/c9-6(10)13-2(4(15)16)1-3(19)8(20,5(17)18)14-7(11)12/h2-3,19-20H,1H2,(H,15,16)(H,17,18)(H4,9,10,13)(H4,11,12,14)/t2-,3+,8+/m1/s1. The van der Waals surface area contributed by atoms with Crippen LogP contribution in [0, 0.1) is 0 Å². The van der Waals surface area contributed by atoms with Crippen molar-refractivity contribution < 1.29 is 19.8 Å². The molecule has 0 heterocycles. The monoisotopic (exact) mass is 324 g/mol. The zero-order chi connectivity index (χ0) is 16.1. The Kier molecular flexibility index (Phi) is 6.45. The Morgan fingerprint density at radius 2 is 1.65 bits per heavy atom. The minimum Gasteiger partial charge on any atom is -0.480 e. The van der Waals surface area contributed by atoms with Crippen molar-refractivity contribution in [1.82, 2.24) is 0 Å². The fourth-order valence-corrected chi connectivity index (χ4v) is 1.81. The van der Waals surface area contributed by atoms with Crippen LogP contribution in [0.2, 0.25) is 0 Å². The third-order valence-corrected chi connectivity index (χ3v) is 3.51. The molecule has 0 aliphatic heterocycles. The highest BCUT2D eigenvalue weighted by molar-refractivity contribution is 7.86. The molecule has 0 aromatic carbocycles. The van der Waals surface area contributed by atoms with Crippen LogP contribution >= 0.6 is 25.3 Å². The molecule has 10 nitrogen and oxygen atoms in total. The Hall–Kier alpha value is -1.82. The largest absolute Gasteiger partial charge is 0.480 e. The molecule has 20 heavy (non-hydrogen) atoms. The highest BCUT2D eigenvalue weighted by atomic mass is 32.1. The van der Waals surface area contributed by atoms with Crippen molar-refractivity contribution in [1.29, 1.82) is 0 Å². The molecule has 0 unspecified atom stereocenters. The van der Waals surface area contributed by atoms with E-state index < -0.39 is 40.0 Å². The van der Waals surface area contributed by atoms with Gasteiger partial charge in [-0.25, -0.2) is 19.6 Å². The van der Waals surface area contributed by atoms with Crippen LogP contribution in [0.3, 0.4) is 0 Å². The lowest BCUT2D eigenvalue weighted by Crippen LogP contribution is -2.45. The summed E-state index contributed by atoms with van der Waals surface area (Å²) >= 11 is 7.85. The van der Waals surface area contributed by atoms with Crippen LogP contribution in [0.4, 0.5) is 0 Å². The molecule has 0 aliphatic rings. The molecule has 10 N–H and O–H groups in total. The van der Waals surface area contributed by atoms with Crippen LogP contribution in [0.15, 0.2) is 9.98 Å². The molecule has 0 radical (unpaired) electrons. The van der Waals surface area contributed by atoms with Gasteiger partial charge in [-0.2, -0.15) is 12.6 Å². The van der Waals surface area contributed by atoms with E-state index in [1.54, 1.807) is 0 Å². The topological polar surface area (TPSA) is 203 Å². The van der Waals surface area contributed by atoms with Gasteiger partial charge >= 0.3 is 11.9 Å². The number of aliphatic imine (C=N–C) groups is 2. The SMILES string of the molecule is NC(N)=N[C@H](C[C@H](S)[C@@](S)(N=C(N)N)C(=O)O)C(=O)O. The number of nitrogens with two attached hydrogens (primary N) is 4. The molecular weight excluding hydrogens is 308 g/mol. The van der Waals surface area contributed by atoms with Crippen LogP contribution < -0.4 is 22.9 Å². The van der Waals surface area contributed by atoms with Crippen molar-refractivity contribution in [2.24, 2.45) is 32.9 Å². The van der Waals surface area contributed by atoms with E-state index in [-0.39, 0.29) is 6.42 Å². The van der Waals surface area contributed by atoms with Gasteiger partial charge in [0.1, 0.15) is 0 Å². The van der Waals surface area contributed by atoms with E-state index in [2.05, 4.69) is 35.2 Å². The minimum absolute atomic E-state index is 0.358. The first-order valence-electron chi connectivity index (χ1n) is 5.06. The third-order valence-electron chi connectivity index (χ3n) is 2.12. The quantitative estimate of drug-likeness (QED) is 0.141. The van der Waals surface area contributed by atoms with Gasteiger partial charge in [0.05, 0.1) is 0 Å². The Morgan fingerprint density at radius 1 is 1.15 bits per heavy atom. The number of nitrogens with zero attached hydrogens (tertiary/aromatic N) is 2. The molecule has 0 bridgehead atoms. The number of hydrogen-bond donors (Lipinski definition) is 8. The highest BCUT2D eigenvalue weighted by Crippen LogP contribution is 2.30. The van der Waals surface area contributed by atoms with E-state index in [9.17, 15) is 9.59 Å². The molecule has 0 aromatic heterocycles. The van der Waals surface area contributed by atoms with Crippen molar-refractivity contribution in [3.8, 4) is 0 Å². The van der Waals surface area contributed by atoms with E-state index in [4.69, 9.17) is 33.1 Å². The van der Waals surface area contributed by atoms with Crippen LogP contribution in [0.5, 0.6) is 0 Å². The van der Waals surface area contributed by atoms with Crippen molar-refractivity contribution in [2.45, 2.75) is 22.6 Å². The average molecular weight is 324 g/mol. The summed E-state index contributed by atoms with van der Waals surface area (Å²) in [4.78, 5) is 27.0. The van der Waals surface area contributed by atoms with E-state index in [1.165, 1.54) is 0 Å². The molecule has 0 aliphatic carbocycles. The van der Waals surface area contributed by atoms with Gasteiger partial charge in [-0.05, 0) is 6.42 Å². The summed E-state index contributed by atoms with van der Waals surface area (Å²) in [6, 6.07) is -1.40. The number of thiol groups is 2. The predicted molar refractivity (Wildman–Crippen MR) is 79.8 cm³/mol. The van der Waals surface area contributed by atoms with Crippen LogP contribution in [-0.4, -0.2) is 50.2 Å². The molecule has 0 aromatic rings. The summed E-state index contributed by atoms with van der Waals surface area (Å²) in [5.41, 5.74) is 20.4. The summed E-state index contributed by atoms with van der Waals surface area (Å²) < 4.78 is 0. The lowest BCUT2D eigenvalue weighted by molar-refractivity contribution is -0.141. The number of hydrogen-bond acceptors (Lipinski definition) is 6. The molecule has 0 rings (SSSR count). The third kappa shape index (κ3) is 5.05. The molecule has 0 spiro atoms. The Bertz CT molecular complexity index is 448.